The Kier molecular flexibility index (Phi) is 4.93. The van der Waals surface area contributed by atoms with Crippen LogP contribution in [0.15, 0.2) is 24.3 Å². The Morgan fingerprint density at radius 3 is 2.71 bits per heavy atom. The molecule has 0 aliphatic carbocycles. The van der Waals surface area contributed by atoms with Gasteiger partial charge < -0.3 is 5.32 Å². The number of rotatable bonds is 3. The molecular formula is C15H23NS. The highest BCUT2D eigenvalue weighted by Gasteiger charge is 2.16. The first kappa shape index (κ1) is 13.0. The van der Waals surface area contributed by atoms with Crippen molar-refractivity contribution in [1.29, 1.82) is 0 Å². The van der Waals surface area contributed by atoms with Crippen LogP contribution in [0.2, 0.25) is 0 Å². The second kappa shape index (κ2) is 6.46. The summed E-state index contributed by atoms with van der Waals surface area (Å²) in [6, 6.07) is 9.73. The lowest BCUT2D eigenvalue weighted by Gasteiger charge is -2.16. The van der Waals surface area contributed by atoms with Crippen molar-refractivity contribution >= 4 is 11.8 Å². The van der Waals surface area contributed by atoms with Gasteiger partial charge in [0.1, 0.15) is 0 Å². The largest absolute Gasteiger partial charge is 0.309 e. The molecule has 1 aliphatic rings. The summed E-state index contributed by atoms with van der Waals surface area (Å²) < 4.78 is 0. The molecule has 1 aromatic carbocycles. The van der Waals surface area contributed by atoms with E-state index in [0.717, 1.165) is 12.5 Å². The number of aryl methyl sites for hydroxylation is 1. The molecule has 0 bridgehead atoms. The number of nitrogens with one attached hydrogen (secondary N) is 1. The minimum Gasteiger partial charge on any atom is -0.309 e. The summed E-state index contributed by atoms with van der Waals surface area (Å²) >= 11 is 2.08. The summed E-state index contributed by atoms with van der Waals surface area (Å²) in [5, 5.41) is 3.68. The molecule has 1 aromatic rings. The summed E-state index contributed by atoms with van der Waals surface area (Å²) in [4.78, 5) is 0. The zero-order valence-electron chi connectivity index (χ0n) is 10.9. The maximum absolute atomic E-state index is 3.68. The molecule has 94 valence electrons. The van der Waals surface area contributed by atoms with Crippen LogP contribution in [0, 0.1) is 5.92 Å². The molecule has 0 radical (unpaired) electrons. The maximum Gasteiger partial charge on any atom is 0.0411 e. The van der Waals surface area contributed by atoms with Crippen molar-refractivity contribution in [2.24, 2.45) is 5.92 Å². The van der Waals surface area contributed by atoms with Gasteiger partial charge in [0.15, 0.2) is 0 Å². The third kappa shape index (κ3) is 3.75. The molecular weight excluding hydrogens is 226 g/mol. The van der Waals surface area contributed by atoms with E-state index >= 15 is 0 Å². The highest BCUT2D eigenvalue weighted by Crippen LogP contribution is 2.24. The summed E-state index contributed by atoms with van der Waals surface area (Å²) in [5.74, 6) is 3.29. The van der Waals surface area contributed by atoms with E-state index in [-0.39, 0.29) is 0 Å². The van der Waals surface area contributed by atoms with Crippen molar-refractivity contribution in [1.82, 2.24) is 5.32 Å². The van der Waals surface area contributed by atoms with Gasteiger partial charge in [0.2, 0.25) is 0 Å². The summed E-state index contributed by atoms with van der Waals surface area (Å²) in [6.07, 6.45) is 2.43. The van der Waals surface area contributed by atoms with Gasteiger partial charge in [0.25, 0.3) is 0 Å². The average Bonchev–Trinajstić information content (AvgIpc) is 2.56. The van der Waals surface area contributed by atoms with Gasteiger partial charge in [-0.25, -0.2) is 0 Å². The SMILES string of the molecule is CCCc1ccc(C2CSCC(C)CN2)cc1. The molecule has 0 amide bonds. The topological polar surface area (TPSA) is 12.0 Å². The lowest BCUT2D eigenvalue weighted by atomic mass is 10.0. The van der Waals surface area contributed by atoms with E-state index in [1.165, 1.54) is 35.5 Å². The van der Waals surface area contributed by atoms with Crippen LogP contribution in [-0.4, -0.2) is 18.1 Å². The molecule has 1 aliphatic heterocycles. The Labute approximate surface area is 109 Å². The Morgan fingerprint density at radius 2 is 2.00 bits per heavy atom. The first-order chi connectivity index (χ1) is 8.29. The Hall–Kier alpha value is -0.470. The summed E-state index contributed by atoms with van der Waals surface area (Å²) in [6.45, 7) is 5.71. The van der Waals surface area contributed by atoms with Crippen molar-refractivity contribution in [3.05, 3.63) is 35.4 Å². The predicted molar refractivity (Wildman–Crippen MR) is 77.7 cm³/mol. The lowest BCUT2D eigenvalue weighted by molar-refractivity contribution is 0.517. The number of hydrogen-bond acceptors (Lipinski definition) is 2. The van der Waals surface area contributed by atoms with E-state index < -0.39 is 0 Å². The second-order valence-electron chi connectivity index (χ2n) is 5.10. The first-order valence-corrected chi connectivity index (χ1v) is 7.85. The quantitative estimate of drug-likeness (QED) is 0.877. The number of thioether (sulfide) groups is 1. The molecule has 2 atom stereocenters. The molecule has 1 nitrogen and oxygen atoms in total. The van der Waals surface area contributed by atoms with Gasteiger partial charge in [-0.3, -0.25) is 0 Å². The van der Waals surface area contributed by atoms with Crippen molar-refractivity contribution in [2.45, 2.75) is 32.7 Å². The monoisotopic (exact) mass is 249 g/mol. The minimum atomic E-state index is 0.542. The van der Waals surface area contributed by atoms with Crippen molar-refractivity contribution < 1.29 is 0 Å². The summed E-state index contributed by atoms with van der Waals surface area (Å²) in [5.41, 5.74) is 2.91. The molecule has 2 unspecified atom stereocenters. The molecule has 0 spiro atoms. The predicted octanol–water partition coefficient (Wildman–Crippen LogP) is 3.65. The summed E-state index contributed by atoms with van der Waals surface area (Å²) in [7, 11) is 0. The van der Waals surface area contributed by atoms with Crippen LogP contribution in [-0.2, 0) is 6.42 Å². The van der Waals surface area contributed by atoms with Crippen LogP contribution in [0.4, 0.5) is 0 Å². The van der Waals surface area contributed by atoms with Gasteiger partial charge in [-0.2, -0.15) is 11.8 Å². The van der Waals surface area contributed by atoms with Crippen LogP contribution >= 0.6 is 11.8 Å². The average molecular weight is 249 g/mol. The van der Waals surface area contributed by atoms with Crippen LogP contribution in [0.3, 0.4) is 0 Å². The molecule has 2 heteroatoms. The van der Waals surface area contributed by atoms with Crippen molar-refractivity contribution in [3.8, 4) is 0 Å². The van der Waals surface area contributed by atoms with E-state index in [2.05, 4.69) is 55.2 Å². The molecule has 17 heavy (non-hydrogen) atoms. The van der Waals surface area contributed by atoms with E-state index in [9.17, 15) is 0 Å². The van der Waals surface area contributed by atoms with Crippen molar-refractivity contribution in [2.75, 3.05) is 18.1 Å². The second-order valence-corrected chi connectivity index (χ2v) is 6.17. The number of hydrogen-bond donors (Lipinski definition) is 1. The standard InChI is InChI=1S/C15H23NS/c1-3-4-13-5-7-14(8-6-13)15-11-17-10-12(2)9-16-15/h5-8,12,15-16H,3-4,9-11H2,1-2H3. The van der Waals surface area contributed by atoms with Gasteiger partial charge in [0.05, 0.1) is 0 Å². The van der Waals surface area contributed by atoms with Gasteiger partial charge >= 0.3 is 0 Å². The lowest BCUT2D eigenvalue weighted by Crippen LogP contribution is -2.25. The highest BCUT2D eigenvalue weighted by atomic mass is 32.2. The van der Waals surface area contributed by atoms with Crippen LogP contribution in [0.5, 0.6) is 0 Å². The molecule has 2 rings (SSSR count). The van der Waals surface area contributed by atoms with E-state index in [1.54, 1.807) is 0 Å². The third-order valence-corrected chi connectivity index (χ3v) is 4.69. The van der Waals surface area contributed by atoms with Crippen LogP contribution in [0.25, 0.3) is 0 Å². The maximum atomic E-state index is 3.68. The smallest absolute Gasteiger partial charge is 0.0411 e. The molecule has 0 aromatic heterocycles. The van der Waals surface area contributed by atoms with Crippen molar-refractivity contribution in [3.63, 3.8) is 0 Å². The van der Waals surface area contributed by atoms with Gasteiger partial charge in [-0.1, -0.05) is 44.5 Å². The third-order valence-electron chi connectivity index (χ3n) is 3.32. The van der Waals surface area contributed by atoms with E-state index in [1.807, 2.05) is 0 Å². The van der Waals surface area contributed by atoms with Gasteiger partial charge in [0, 0.05) is 11.8 Å². The van der Waals surface area contributed by atoms with Crippen LogP contribution < -0.4 is 5.32 Å². The Morgan fingerprint density at radius 1 is 1.24 bits per heavy atom. The van der Waals surface area contributed by atoms with Gasteiger partial charge in [-0.15, -0.1) is 0 Å². The zero-order valence-corrected chi connectivity index (χ0v) is 11.7. The fourth-order valence-electron chi connectivity index (χ4n) is 2.27. The molecule has 0 saturated carbocycles. The molecule has 1 fully saturated rings. The molecule has 1 heterocycles. The van der Waals surface area contributed by atoms with Crippen LogP contribution in [0.1, 0.15) is 37.4 Å². The van der Waals surface area contributed by atoms with E-state index in [4.69, 9.17) is 0 Å². The minimum absolute atomic E-state index is 0.542. The number of benzene rings is 1. The first-order valence-electron chi connectivity index (χ1n) is 6.69. The normalized spacial score (nSPS) is 25.5. The molecule has 1 N–H and O–H groups in total. The van der Waals surface area contributed by atoms with Gasteiger partial charge in [-0.05, 0) is 35.8 Å². The Balaban J connectivity index is 2.00. The highest BCUT2D eigenvalue weighted by molar-refractivity contribution is 7.99. The molecule has 1 saturated heterocycles. The fraction of sp³-hybridized carbons (Fsp3) is 0.600. The van der Waals surface area contributed by atoms with E-state index in [0.29, 0.717) is 6.04 Å². The zero-order chi connectivity index (χ0) is 12.1. The fourth-order valence-corrected chi connectivity index (χ4v) is 3.47. The Bertz CT molecular complexity index is 333.